The van der Waals surface area contributed by atoms with Gasteiger partial charge >= 0.3 is 15.8 Å². The van der Waals surface area contributed by atoms with Gasteiger partial charge < -0.3 is 12.4 Å². The van der Waals surface area contributed by atoms with E-state index in [1.165, 1.54) is 0 Å². The summed E-state index contributed by atoms with van der Waals surface area (Å²) in [6.07, 6.45) is 0. The minimum absolute atomic E-state index is 0. The average Bonchev–Trinajstić information content (AvgIpc) is 2.14. The van der Waals surface area contributed by atoms with Crippen LogP contribution in [0.2, 0.25) is 0 Å². The number of halogens is 2. The highest BCUT2D eigenvalue weighted by atomic mass is 79.9. The zero-order valence-electron chi connectivity index (χ0n) is 8.15. The molecular formula is C6H4BrClN2O6S2. The van der Waals surface area contributed by atoms with Crippen molar-refractivity contribution in [1.29, 1.82) is 5.39 Å². The molecule has 100 valence electrons. The smallest absolute Gasteiger partial charge is 0.407 e. The maximum absolute atomic E-state index is 10.9. The molecule has 0 aliphatic rings. The second kappa shape index (κ2) is 5.47. The Labute approximate surface area is 117 Å². The van der Waals surface area contributed by atoms with E-state index in [2.05, 4.69) is 20.9 Å². The number of diazo groups is 1. The van der Waals surface area contributed by atoms with E-state index in [0.717, 1.165) is 0 Å². The van der Waals surface area contributed by atoms with Gasteiger partial charge in [-0.15, -0.1) is 0 Å². The van der Waals surface area contributed by atoms with Crippen LogP contribution in [0.4, 0.5) is 5.69 Å². The van der Waals surface area contributed by atoms with E-state index in [9.17, 15) is 16.8 Å². The van der Waals surface area contributed by atoms with Gasteiger partial charge in [0.25, 0.3) is 10.1 Å². The standard InChI is InChI=1S/C6H3BrN2O6S2.ClH/c7-3-1-6(17(13,14)15)4(9-8)2-5(3)16(10,11)12;/h1-2H,(H-,10,11,12,13,14,15);1H. The van der Waals surface area contributed by atoms with Gasteiger partial charge in [-0.1, -0.05) is 0 Å². The lowest BCUT2D eigenvalue weighted by molar-refractivity contribution is -0.0000118. The Kier molecular flexibility index (Phi) is 5.24. The molecule has 12 heteroatoms. The molecular weight excluding hydrogens is 376 g/mol. The van der Waals surface area contributed by atoms with E-state index in [0.29, 0.717) is 12.1 Å². The van der Waals surface area contributed by atoms with Gasteiger partial charge in [0, 0.05) is 4.47 Å². The first kappa shape index (κ1) is 17.2. The molecule has 1 rings (SSSR count). The molecule has 1 aromatic carbocycles. The molecule has 0 saturated carbocycles. The molecule has 0 amide bonds. The lowest BCUT2D eigenvalue weighted by Gasteiger charge is -2.00. The van der Waals surface area contributed by atoms with E-state index in [-0.39, 0.29) is 16.9 Å². The summed E-state index contributed by atoms with van der Waals surface area (Å²) < 4.78 is 60.8. The molecule has 0 saturated heterocycles. The van der Waals surface area contributed by atoms with E-state index in [1.54, 1.807) is 0 Å². The van der Waals surface area contributed by atoms with Gasteiger partial charge in [-0.05, 0) is 22.0 Å². The van der Waals surface area contributed by atoms with Gasteiger partial charge in [0.1, 0.15) is 4.90 Å². The third-order valence-corrected chi connectivity index (χ3v) is 4.37. The second-order valence-electron chi connectivity index (χ2n) is 2.80. The number of nitrogens with zero attached hydrogens (tertiary/aromatic N) is 2. The van der Waals surface area contributed by atoms with E-state index in [4.69, 9.17) is 14.5 Å². The molecule has 0 aliphatic carbocycles. The predicted molar refractivity (Wildman–Crippen MR) is 58.5 cm³/mol. The molecule has 0 fully saturated rings. The fraction of sp³-hybridized carbons (Fsp3) is 0. The number of rotatable bonds is 2. The van der Waals surface area contributed by atoms with Crippen LogP contribution >= 0.6 is 15.9 Å². The third-order valence-electron chi connectivity index (χ3n) is 1.68. The van der Waals surface area contributed by atoms with Crippen LogP contribution in [-0.4, -0.2) is 25.9 Å². The maximum Gasteiger partial charge on any atom is 0.407 e. The van der Waals surface area contributed by atoms with Crippen LogP contribution in [-0.2, 0) is 20.2 Å². The minimum atomic E-state index is -4.69. The van der Waals surface area contributed by atoms with Crippen molar-refractivity contribution in [2.24, 2.45) is 0 Å². The summed E-state index contributed by atoms with van der Waals surface area (Å²) in [5, 5.41) is 8.52. The van der Waals surface area contributed by atoms with Crippen LogP contribution in [0.5, 0.6) is 0 Å². The predicted octanol–water partition coefficient (Wildman–Crippen LogP) is -1.57. The zero-order chi connectivity index (χ0) is 13.4. The van der Waals surface area contributed by atoms with E-state index < -0.39 is 35.7 Å². The number of hydrogen-bond donors (Lipinski definition) is 2. The molecule has 0 aliphatic heterocycles. The van der Waals surface area contributed by atoms with Gasteiger partial charge in [-0.3, -0.25) is 9.11 Å². The summed E-state index contributed by atoms with van der Waals surface area (Å²) in [7, 11) is -9.31. The first-order valence-corrected chi connectivity index (χ1v) is 7.38. The first-order valence-electron chi connectivity index (χ1n) is 3.71. The summed E-state index contributed by atoms with van der Waals surface area (Å²) in [6, 6.07) is 1.27. The lowest BCUT2D eigenvalue weighted by atomic mass is 10.3. The maximum atomic E-state index is 10.9. The fourth-order valence-electron chi connectivity index (χ4n) is 1.01. The Morgan fingerprint density at radius 1 is 1.06 bits per heavy atom. The topological polar surface area (TPSA) is 137 Å². The molecule has 8 nitrogen and oxygen atoms in total. The highest BCUT2D eigenvalue weighted by molar-refractivity contribution is 9.10. The summed E-state index contributed by atoms with van der Waals surface area (Å²) >= 11 is 2.70. The van der Waals surface area contributed by atoms with Crippen molar-refractivity contribution in [1.82, 2.24) is 0 Å². The van der Waals surface area contributed by atoms with Crippen LogP contribution in [0.1, 0.15) is 0 Å². The highest BCUT2D eigenvalue weighted by Gasteiger charge is 2.29. The molecule has 2 N–H and O–H groups in total. The number of hydrogen-bond acceptors (Lipinski definition) is 5. The molecule has 1 aromatic rings. The molecule has 0 heterocycles. The van der Waals surface area contributed by atoms with Gasteiger partial charge in [0.2, 0.25) is 5.39 Å². The van der Waals surface area contributed by atoms with Crippen LogP contribution < -0.4 is 12.4 Å². The van der Waals surface area contributed by atoms with Gasteiger partial charge in [-0.2, -0.15) is 16.8 Å². The fourth-order valence-corrected chi connectivity index (χ4v) is 3.31. The molecule has 0 radical (unpaired) electrons. The Balaban J connectivity index is 0.00000289. The van der Waals surface area contributed by atoms with Crippen molar-refractivity contribution in [2.45, 2.75) is 9.79 Å². The van der Waals surface area contributed by atoms with Crippen LogP contribution in [0.25, 0.3) is 4.98 Å². The Morgan fingerprint density at radius 3 is 1.83 bits per heavy atom. The minimum Gasteiger partial charge on any atom is -1.00 e. The molecule has 18 heavy (non-hydrogen) atoms. The van der Waals surface area contributed by atoms with Crippen molar-refractivity contribution < 1.29 is 38.3 Å². The van der Waals surface area contributed by atoms with Crippen LogP contribution in [0.3, 0.4) is 0 Å². The van der Waals surface area contributed by atoms with Gasteiger partial charge in [0.15, 0.2) is 9.87 Å². The molecule has 0 unspecified atom stereocenters. The summed E-state index contributed by atoms with van der Waals surface area (Å²) in [6.45, 7) is 0. The van der Waals surface area contributed by atoms with Crippen molar-refractivity contribution in [3.05, 3.63) is 21.6 Å². The van der Waals surface area contributed by atoms with Crippen molar-refractivity contribution in [2.75, 3.05) is 0 Å². The Bertz CT molecular complexity index is 723. The van der Waals surface area contributed by atoms with Gasteiger partial charge in [-0.25, -0.2) is 0 Å². The molecule has 0 aromatic heterocycles. The summed E-state index contributed by atoms with van der Waals surface area (Å²) in [5.41, 5.74) is -0.719. The monoisotopic (exact) mass is 378 g/mol. The lowest BCUT2D eigenvalue weighted by Crippen LogP contribution is -3.00. The van der Waals surface area contributed by atoms with E-state index in [1.807, 2.05) is 0 Å². The Morgan fingerprint density at radius 2 is 1.50 bits per heavy atom. The van der Waals surface area contributed by atoms with Crippen molar-refractivity contribution >= 4 is 41.9 Å². The van der Waals surface area contributed by atoms with Crippen molar-refractivity contribution in [3.8, 4) is 0 Å². The summed E-state index contributed by atoms with van der Waals surface area (Å²) in [4.78, 5) is 1.01. The highest BCUT2D eigenvalue weighted by Crippen LogP contribution is 2.33. The van der Waals surface area contributed by atoms with Crippen molar-refractivity contribution in [3.63, 3.8) is 0 Å². The van der Waals surface area contributed by atoms with Crippen LogP contribution in [0.15, 0.2) is 26.4 Å². The SMILES string of the molecule is N#[N+]c1cc(S(=O)(=O)O)c(Br)cc1S(=O)(=O)O.[Cl-]. The normalized spacial score (nSPS) is 11.4. The zero-order valence-corrected chi connectivity index (χ0v) is 12.1. The summed E-state index contributed by atoms with van der Waals surface area (Å²) in [5.74, 6) is 0. The quantitative estimate of drug-likeness (QED) is 0.468. The Hall–Kier alpha value is -0.770. The third kappa shape index (κ3) is 3.61. The van der Waals surface area contributed by atoms with Gasteiger partial charge in [0.05, 0.1) is 6.07 Å². The molecule has 0 atom stereocenters. The van der Waals surface area contributed by atoms with Crippen LogP contribution in [0, 0.1) is 5.39 Å². The molecule has 0 bridgehead atoms. The molecule has 0 spiro atoms. The first-order chi connectivity index (χ1) is 7.57. The average molecular weight is 380 g/mol. The van der Waals surface area contributed by atoms with E-state index >= 15 is 0 Å². The number of benzene rings is 1. The second-order valence-corrected chi connectivity index (χ2v) is 6.43. The largest absolute Gasteiger partial charge is 1.00 e.